The molecule has 0 saturated heterocycles. The highest BCUT2D eigenvalue weighted by molar-refractivity contribution is 7.09. The molecule has 0 fully saturated rings. The minimum atomic E-state index is 0.238. The van der Waals surface area contributed by atoms with Gasteiger partial charge in [0, 0.05) is 16.5 Å². The third-order valence-electron chi connectivity index (χ3n) is 4.09. The van der Waals surface area contributed by atoms with Gasteiger partial charge in [0.05, 0.1) is 10.7 Å². The lowest BCUT2D eigenvalue weighted by molar-refractivity contribution is 0.243. The van der Waals surface area contributed by atoms with E-state index in [0.717, 1.165) is 39.6 Å². The number of rotatable bonds is 6. The maximum Gasteiger partial charge on any atom is 0.264 e. The van der Waals surface area contributed by atoms with Crippen molar-refractivity contribution in [2.75, 3.05) is 0 Å². The van der Waals surface area contributed by atoms with E-state index in [1.165, 1.54) is 0 Å². The van der Waals surface area contributed by atoms with E-state index < -0.39 is 0 Å². The van der Waals surface area contributed by atoms with Gasteiger partial charge >= 0.3 is 0 Å². The van der Waals surface area contributed by atoms with Crippen molar-refractivity contribution in [3.8, 4) is 28.4 Å². The van der Waals surface area contributed by atoms with Gasteiger partial charge in [-0.15, -0.1) is 11.3 Å². The van der Waals surface area contributed by atoms with Gasteiger partial charge in [0.2, 0.25) is 5.82 Å². The van der Waals surface area contributed by atoms with E-state index in [1.807, 2.05) is 55.5 Å². The van der Waals surface area contributed by atoms with Crippen molar-refractivity contribution in [3.05, 3.63) is 70.4 Å². The SMILES string of the molecule is CCc1nc(-c2cccc(-c3noc(COc4cccc(C)c4)n3)c2)cs1. The Kier molecular flexibility index (Phi) is 4.98. The Morgan fingerprint density at radius 1 is 1.04 bits per heavy atom. The first-order valence-corrected chi connectivity index (χ1v) is 9.66. The molecule has 0 spiro atoms. The van der Waals surface area contributed by atoms with Crippen LogP contribution in [0.15, 0.2) is 58.4 Å². The highest BCUT2D eigenvalue weighted by Crippen LogP contribution is 2.26. The number of hydrogen-bond donors (Lipinski definition) is 0. The second-order valence-corrected chi connectivity index (χ2v) is 7.12. The van der Waals surface area contributed by atoms with Gasteiger partial charge in [0.1, 0.15) is 5.75 Å². The Morgan fingerprint density at radius 2 is 1.89 bits per heavy atom. The third kappa shape index (κ3) is 4.06. The molecule has 2 aromatic heterocycles. The summed E-state index contributed by atoms with van der Waals surface area (Å²) in [6, 6.07) is 15.9. The number of thiazole rings is 1. The number of ether oxygens (including phenoxy) is 1. The average Bonchev–Trinajstić information content (AvgIpc) is 3.36. The van der Waals surface area contributed by atoms with Crippen LogP contribution in [0.4, 0.5) is 0 Å². The van der Waals surface area contributed by atoms with E-state index in [1.54, 1.807) is 11.3 Å². The van der Waals surface area contributed by atoms with Gasteiger partial charge in [0.15, 0.2) is 6.61 Å². The van der Waals surface area contributed by atoms with Crippen LogP contribution in [0.1, 0.15) is 23.4 Å². The lowest BCUT2D eigenvalue weighted by Crippen LogP contribution is -1.95. The Labute approximate surface area is 161 Å². The van der Waals surface area contributed by atoms with Crippen LogP contribution < -0.4 is 4.74 Å². The molecule has 0 saturated carbocycles. The van der Waals surface area contributed by atoms with E-state index in [0.29, 0.717) is 11.7 Å². The third-order valence-corrected chi connectivity index (χ3v) is 5.08. The summed E-state index contributed by atoms with van der Waals surface area (Å²) in [7, 11) is 0. The van der Waals surface area contributed by atoms with E-state index in [2.05, 4.69) is 27.4 Å². The Bertz CT molecular complexity index is 1050. The van der Waals surface area contributed by atoms with Crippen LogP contribution in [0.3, 0.4) is 0 Å². The van der Waals surface area contributed by atoms with Crippen molar-refractivity contribution in [3.63, 3.8) is 0 Å². The van der Waals surface area contributed by atoms with Crippen LogP contribution in [-0.4, -0.2) is 15.1 Å². The molecule has 0 N–H and O–H groups in total. The fourth-order valence-electron chi connectivity index (χ4n) is 2.70. The summed E-state index contributed by atoms with van der Waals surface area (Å²) in [6.07, 6.45) is 0.944. The molecule has 0 radical (unpaired) electrons. The predicted molar refractivity (Wildman–Crippen MR) is 106 cm³/mol. The molecular formula is C21H19N3O2S. The molecule has 4 rings (SSSR count). The average molecular weight is 377 g/mol. The molecule has 2 aromatic carbocycles. The molecule has 0 unspecified atom stereocenters. The fourth-order valence-corrected chi connectivity index (χ4v) is 3.46. The van der Waals surface area contributed by atoms with Gasteiger partial charge in [-0.05, 0) is 37.1 Å². The Balaban J connectivity index is 1.50. The molecule has 0 atom stereocenters. The van der Waals surface area contributed by atoms with Gasteiger partial charge in [-0.3, -0.25) is 0 Å². The van der Waals surface area contributed by atoms with Gasteiger partial charge < -0.3 is 9.26 Å². The fraction of sp³-hybridized carbons (Fsp3) is 0.190. The Morgan fingerprint density at radius 3 is 2.70 bits per heavy atom. The Hall–Kier alpha value is -2.99. The molecule has 6 heteroatoms. The van der Waals surface area contributed by atoms with Crippen molar-refractivity contribution >= 4 is 11.3 Å². The maximum absolute atomic E-state index is 5.73. The van der Waals surface area contributed by atoms with Crippen LogP contribution in [0.5, 0.6) is 5.75 Å². The molecule has 0 amide bonds. The molecule has 0 bridgehead atoms. The van der Waals surface area contributed by atoms with Crippen molar-refractivity contribution in [1.82, 2.24) is 15.1 Å². The lowest BCUT2D eigenvalue weighted by Gasteiger charge is -2.03. The van der Waals surface area contributed by atoms with Crippen LogP contribution in [-0.2, 0) is 13.0 Å². The summed E-state index contributed by atoms with van der Waals surface area (Å²) < 4.78 is 11.1. The number of aromatic nitrogens is 3. The molecule has 0 aliphatic heterocycles. The summed E-state index contributed by atoms with van der Waals surface area (Å²) >= 11 is 1.68. The number of benzene rings is 2. The lowest BCUT2D eigenvalue weighted by atomic mass is 10.1. The van der Waals surface area contributed by atoms with Gasteiger partial charge in [-0.1, -0.05) is 42.4 Å². The second-order valence-electron chi connectivity index (χ2n) is 6.18. The normalized spacial score (nSPS) is 10.9. The zero-order valence-corrected chi connectivity index (χ0v) is 16.0. The summed E-state index contributed by atoms with van der Waals surface area (Å²) in [4.78, 5) is 9.10. The molecule has 0 aliphatic rings. The molecule has 5 nitrogen and oxygen atoms in total. The molecule has 4 aromatic rings. The first-order chi connectivity index (χ1) is 13.2. The second kappa shape index (κ2) is 7.72. The highest BCUT2D eigenvalue weighted by Gasteiger charge is 2.11. The molecule has 27 heavy (non-hydrogen) atoms. The molecule has 2 heterocycles. The van der Waals surface area contributed by atoms with Gasteiger partial charge in [-0.25, -0.2) is 4.98 Å². The first-order valence-electron chi connectivity index (χ1n) is 8.78. The standard InChI is InChI=1S/C21H19N3O2S/c1-3-20-22-18(13-27-20)15-7-5-8-16(11-15)21-23-19(26-24-21)12-25-17-9-4-6-14(2)10-17/h4-11,13H,3,12H2,1-2H3. The number of aryl methyl sites for hydroxylation is 2. The van der Waals surface area contributed by atoms with Crippen molar-refractivity contribution < 1.29 is 9.26 Å². The number of nitrogens with zero attached hydrogens (tertiary/aromatic N) is 3. The van der Waals surface area contributed by atoms with Gasteiger partial charge in [-0.2, -0.15) is 4.98 Å². The summed E-state index contributed by atoms with van der Waals surface area (Å²) in [5.41, 5.74) is 4.06. The minimum absolute atomic E-state index is 0.238. The van der Waals surface area contributed by atoms with E-state index in [9.17, 15) is 0 Å². The summed E-state index contributed by atoms with van der Waals surface area (Å²) in [5, 5.41) is 7.30. The minimum Gasteiger partial charge on any atom is -0.484 e. The van der Waals surface area contributed by atoms with Crippen LogP contribution in [0.2, 0.25) is 0 Å². The van der Waals surface area contributed by atoms with Crippen molar-refractivity contribution in [1.29, 1.82) is 0 Å². The summed E-state index contributed by atoms with van der Waals surface area (Å²) in [6.45, 7) is 4.37. The van der Waals surface area contributed by atoms with Crippen LogP contribution in [0.25, 0.3) is 22.6 Å². The van der Waals surface area contributed by atoms with Crippen LogP contribution in [0, 0.1) is 6.92 Å². The van der Waals surface area contributed by atoms with E-state index in [4.69, 9.17) is 9.26 Å². The molecular weight excluding hydrogens is 358 g/mol. The van der Waals surface area contributed by atoms with E-state index >= 15 is 0 Å². The zero-order chi connectivity index (χ0) is 18.6. The van der Waals surface area contributed by atoms with Gasteiger partial charge in [0.25, 0.3) is 5.89 Å². The van der Waals surface area contributed by atoms with Crippen molar-refractivity contribution in [2.24, 2.45) is 0 Å². The smallest absolute Gasteiger partial charge is 0.264 e. The highest BCUT2D eigenvalue weighted by atomic mass is 32.1. The zero-order valence-electron chi connectivity index (χ0n) is 15.2. The maximum atomic E-state index is 5.73. The predicted octanol–water partition coefficient (Wildman–Crippen LogP) is 5.31. The quantitative estimate of drug-likeness (QED) is 0.456. The van der Waals surface area contributed by atoms with E-state index in [-0.39, 0.29) is 6.61 Å². The largest absolute Gasteiger partial charge is 0.484 e. The molecule has 136 valence electrons. The first kappa shape index (κ1) is 17.4. The van der Waals surface area contributed by atoms with Crippen molar-refractivity contribution in [2.45, 2.75) is 26.9 Å². The molecule has 0 aliphatic carbocycles. The van der Waals surface area contributed by atoms with Crippen LogP contribution >= 0.6 is 11.3 Å². The topological polar surface area (TPSA) is 61.0 Å². The summed E-state index contributed by atoms with van der Waals surface area (Å²) in [5.74, 6) is 1.77. The number of hydrogen-bond acceptors (Lipinski definition) is 6. The monoisotopic (exact) mass is 377 g/mol.